The monoisotopic (exact) mass is 327 g/mol. The molecule has 0 bridgehead atoms. The average Bonchev–Trinajstić information content (AvgIpc) is 3.11. The van der Waals surface area contributed by atoms with Crippen LogP contribution in [-0.4, -0.2) is 39.8 Å². The van der Waals surface area contributed by atoms with Gasteiger partial charge < -0.3 is 9.63 Å². The van der Waals surface area contributed by atoms with E-state index in [0.717, 1.165) is 30.6 Å². The van der Waals surface area contributed by atoms with Crippen molar-refractivity contribution in [2.45, 2.75) is 33.7 Å². The molecule has 2 aliphatic rings. The minimum atomic E-state index is 0.0718. The second-order valence-corrected chi connectivity index (χ2v) is 8.23. The predicted octanol–water partition coefficient (Wildman–Crippen LogP) is 2.89. The van der Waals surface area contributed by atoms with E-state index in [2.05, 4.69) is 41.9 Å². The van der Waals surface area contributed by atoms with Crippen LogP contribution < -0.4 is 0 Å². The van der Waals surface area contributed by atoms with Crippen LogP contribution in [0.5, 0.6) is 0 Å². The summed E-state index contributed by atoms with van der Waals surface area (Å²) in [6.07, 6.45) is 1.09. The van der Waals surface area contributed by atoms with Crippen molar-refractivity contribution in [1.29, 1.82) is 0 Å². The molecular formula is C19H25N3O2. The third kappa shape index (κ3) is 2.38. The van der Waals surface area contributed by atoms with Crippen LogP contribution in [0, 0.1) is 23.7 Å². The highest BCUT2D eigenvalue weighted by Crippen LogP contribution is 2.62. The van der Waals surface area contributed by atoms with Crippen LogP contribution in [0.15, 0.2) is 28.8 Å². The number of fused-ring (bicyclic) bond motifs is 1. The zero-order valence-electron chi connectivity index (χ0n) is 14.6. The Morgan fingerprint density at radius 3 is 2.79 bits per heavy atom. The molecule has 2 fully saturated rings. The number of aliphatic hydroxyl groups is 1. The fourth-order valence-electron chi connectivity index (χ4n) is 5.01. The smallest absolute Gasteiger partial charge is 0.241 e. The number of aryl methyl sites for hydroxylation is 1. The summed E-state index contributed by atoms with van der Waals surface area (Å²) < 4.78 is 5.48. The van der Waals surface area contributed by atoms with Crippen LogP contribution >= 0.6 is 0 Å². The summed E-state index contributed by atoms with van der Waals surface area (Å²) in [6.45, 7) is 9.51. The molecule has 1 aromatic carbocycles. The highest BCUT2D eigenvalue weighted by molar-refractivity contribution is 5.58. The van der Waals surface area contributed by atoms with Crippen molar-refractivity contribution >= 4 is 0 Å². The number of aromatic nitrogens is 2. The van der Waals surface area contributed by atoms with E-state index in [1.54, 1.807) is 0 Å². The Balaban J connectivity index is 1.49. The molecule has 1 aliphatic carbocycles. The number of rotatable bonds is 4. The number of benzene rings is 1. The minimum absolute atomic E-state index is 0.0718. The van der Waals surface area contributed by atoms with Gasteiger partial charge in [-0.2, -0.15) is 4.98 Å². The highest BCUT2D eigenvalue weighted by Gasteiger charge is 2.62. The van der Waals surface area contributed by atoms with Gasteiger partial charge in [0.1, 0.15) is 0 Å². The van der Waals surface area contributed by atoms with Gasteiger partial charge in [-0.05, 0) is 30.2 Å². The van der Waals surface area contributed by atoms with Gasteiger partial charge in [-0.15, -0.1) is 0 Å². The van der Waals surface area contributed by atoms with Crippen molar-refractivity contribution in [1.82, 2.24) is 15.0 Å². The van der Waals surface area contributed by atoms with Gasteiger partial charge in [0, 0.05) is 24.1 Å². The van der Waals surface area contributed by atoms with E-state index in [1.807, 2.05) is 18.2 Å². The van der Waals surface area contributed by atoms with E-state index in [-0.39, 0.29) is 12.0 Å². The largest absolute Gasteiger partial charge is 0.396 e. The van der Waals surface area contributed by atoms with Crippen LogP contribution in [0.1, 0.15) is 31.7 Å². The van der Waals surface area contributed by atoms with Gasteiger partial charge in [0.25, 0.3) is 0 Å². The summed E-state index contributed by atoms with van der Waals surface area (Å²) in [5.74, 6) is 1.86. The van der Waals surface area contributed by atoms with Crippen molar-refractivity contribution in [3.8, 4) is 11.4 Å². The van der Waals surface area contributed by atoms with E-state index in [9.17, 15) is 5.11 Å². The standard InChI is InChI=1S/C19H25N3O2/c1-13-6-4-5-7-14(13)17-20-16(24-21-17)9-22-8-15-18(2,3)10-19(15,11-22)12-23/h4-7,15,23H,8-12H2,1-3H3/t15-,19-/m1/s1. The molecule has 5 nitrogen and oxygen atoms in total. The quantitative estimate of drug-likeness (QED) is 0.935. The number of aliphatic hydroxyl groups excluding tert-OH is 1. The Morgan fingerprint density at radius 2 is 2.12 bits per heavy atom. The Morgan fingerprint density at radius 1 is 1.33 bits per heavy atom. The number of hydrogen-bond donors (Lipinski definition) is 1. The molecule has 1 aromatic heterocycles. The lowest BCUT2D eigenvalue weighted by Crippen LogP contribution is -2.54. The van der Waals surface area contributed by atoms with Crippen molar-refractivity contribution in [2.24, 2.45) is 16.7 Å². The molecule has 1 saturated heterocycles. The molecule has 5 heteroatoms. The van der Waals surface area contributed by atoms with E-state index < -0.39 is 0 Å². The van der Waals surface area contributed by atoms with Crippen LogP contribution in [0.25, 0.3) is 11.4 Å². The summed E-state index contributed by atoms with van der Waals surface area (Å²) in [4.78, 5) is 6.93. The van der Waals surface area contributed by atoms with E-state index >= 15 is 0 Å². The summed E-state index contributed by atoms with van der Waals surface area (Å²) in [7, 11) is 0. The number of likely N-dealkylation sites (tertiary alicyclic amines) is 1. The van der Waals surface area contributed by atoms with Crippen molar-refractivity contribution < 1.29 is 9.63 Å². The van der Waals surface area contributed by atoms with Crippen molar-refractivity contribution in [2.75, 3.05) is 19.7 Å². The second kappa shape index (κ2) is 5.39. The second-order valence-electron chi connectivity index (χ2n) is 8.23. The fourth-order valence-corrected chi connectivity index (χ4v) is 5.01. The molecule has 1 aliphatic heterocycles. The first kappa shape index (κ1) is 15.8. The Bertz CT molecular complexity index is 755. The molecule has 128 valence electrons. The van der Waals surface area contributed by atoms with Crippen LogP contribution in [0.3, 0.4) is 0 Å². The van der Waals surface area contributed by atoms with Gasteiger partial charge >= 0.3 is 0 Å². The molecule has 24 heavy (non-hydrogen) atoms. The molecule has 0 spiro atoms. The maximum atomic E-state index is 9.87. The van der Waals surface area contributed by atoms with Gasteiger partial charge in [0.15, 0.2) is 0 Å². The SMILES string of the molecule is Cc1ccccc1-c1noc(CN2C[C@@H]3C(C)(C)C[C@]3(CO)C2)n1. The van der Waals surface area contributed by atoms with E-state index in [0.29, 0.717) is 29.6 Å². The molecular weight excluding hydrogens is 302 g/mol. The predicted molar refractivity (Wildman–Crippen MR) is 91.2 cm³/mol. The molecule has 4 rings (SSSR count). The van der Waals surface area contributed by atoms with Gasteiger partial charge in [0.2, 0.25) is 11.7 Å². The Hall–Kier alpha value is -1.72. The zero-order chi connectivity index (χ0) is 16.9. The van der Waals surface area contributed by atoms with Crippen LogP contribution in [-0.2, 0) is 6.54 Å². The molecule has 1 N–H and O–H groups in total. The lowest BCUT2D eigenvalue weighted by atomic mass is 9.48. The minimum Gasteiger partial charge on any atom is -0.396 e. The maximum Gasteiger partial charge on any atom is 0.241 e. The molecule has 0 amide bonds. The van der Waals surface area contributed by atoms with Gasteiger partial charge in [0.05, 0.1) is 13.2 Å². The van der Waals surface area contributed by atoms with E-state index in [1.165, 1.54) is 0 Å². The summed E-state index contributed by atoms with van der Waals surface area (Å²) in [6, 6.07) is 8.07. The third-order valence-electron chi connectivity index (χ3n) is 6.00. The van der Waals surface area contributed by atoms with Crippen molar-refractivity contribution in [3.63, 3.8) is 0 Å². The van der Waals surface area contributed by atoms with Gasteiger partial charge in [-0.3, -0.25) is 4.90 Å². The van der Waals surface area contributed by atoms with Crippen LogP contribution in [0.2, 0.25) is 0 Å². The third-order valence-corrected chi connectivity index (χ3v) is 6.00. The molecule has 2 atom stereocenters. The van der Waals surface area contributed by atoms with E-state index in [4.69, 9.17) is 4.52 Å². The first-order valence-corrected chi connectivity index (χ1v) is 8.65. The first-order valence-electron chi connectivity index (χ1n) is 8.65. The summed E-state index contributed by atoms with van der Waals surface area (Å²) >= 11 is 0. The summed E-state index contributed by atoms with van der Waals surface area (Å²) in [5.41, 5.74) is 2.55. The normalized spacial score (nSPS) is 28.6. The van der Waals surface area contributed by atoms with Gasteiger partial charge in [-0.25, -0.2) is 0 Å². The van der Waals surface area contributed by atoms with Crippen molar-refractivity contribution in [3.05, 3.63) is 35.7 Å². The molecule has 0 radical (unpaired) electrons. The maximum absolute atomic E-state index is 9.87. The molecule has 2 aromatic rings. The highest BCUT2D eigenvalue weighted by atomic mass is 16.5. The number of hydrogen-bond acceptors (Lipinski definition) is 5. The summed E-state index contributed by atoms with van der Waals surface area (Å²) in [5, 5.41) is 14.0. The topological polar surface area (TPSA) is 62.4 Å². The Kier molecular flexibility index (Phi) is 3.55. The Labute approximate surface area is 142 Å². The molecule has 1 saturated carbocycles. The lowest BCUT2D eigenvalue weighted by Gasteiger charge is -2.56. The first-order chi connectivity index (χ1) is 11.4. The number of nitrogens with zero attached hydrogens (tertiary/aromatic N) is 3. The zero-order valence-corrected chi connectivity index (χ0v) is 14.6. The molecule has 2 heterocycles. The van der Waals surface area contributed by atoms with Crippen LogP contribution in [0.4, 0.5) is 0 Å². The average molecular weight is 327 g/mol. The lowest BCUT2D eigenvalue weighted by molar-refractivity contribution is -0.0977. The van der Waals surface area contributed by atoms with Gasteiger partial charge in [-0.1, -0.05) is 43.3 Å². The fraction of sp³-hybridized carbons (Fsp3) is 0.579. The molecule has 0 unspecified atom stereocenters.